The normalized spacial score (nSPS) is 10.6. The van der Waals surface area contributed by atoms with Crippen LogP contribution in [-0.2, 0) is 4.79 Å². The number of nitrogens with zero attached hydrogens (tertiary/aromatic N) is 1. The molecule has 136 valence electrons. The zero-order valence-electron chi connectivity index (χ0n) is 13.5. The maximum absolute atomic E-state index is 12.0. The molecule has 0 amide bonds. The molecule has 26 heavy (non-hydrogen) atoms. The Bertz CT molecular complexity index is 855. The summed E-state index contributed by atoms with van der Waals surface area (Å²) < 4.78 is 16.2. The maximum Gasteiger partial charge on any atom is 0.349 e. The van der Waals surface area contributed by atoms with Crippen LogP contribution in [0.15, 0.2) is 47.1 Å². The molecule has 0 atom stereocenters. The fourth-order valence-corrected chi connectivity index (χ4v) is 2.65. The van der Waals surface area contributed by atoms with Crippen LogP contribution >= 0.6 is 27.5 Å². The molecule has 0 saturated heterocycles. The third kappa shape index (κ3) is 5.75. The topological polar surface area (TPSA) is 87.9 Å². The molecule has 2 rings (SSSR count). The fourth-order valence-electron chi connectivity index (χ4n) is 1.92. The molecule has 0 saturated carbocycles. The van der Waals surface area contributed by atoms with E-state index in [2.05, 4.69) is 15.9 Å². The van der Waals surface area contributed by atoms with E-state index in [-0.39, 0.29) is 18.1 Å². The summed E-state index contributed by atoms with van der Waals surface area (Å²) >= 11 is 9.10. The predicted molar refractivity (Wildman–Crippen MR) is 99.3 cm³/mol. The second-order valence-electron chi connectivity index (χ2n) is 4.86. The van der Waals surface area contributed by atoms with E-state index >= 15 is 0 Å². The highest BCUT2D eigenvalue weighted by Gasteiger charge is 2.16. The van der Waals surface area contributed by atoms with Crippen LogP contribution in [0.3, 0.4) is 0 Å². The van der Waals surface area contributed by atoms with Crippen LogP contribution < -0.4 is 14.2 Å². The highest BCUT2D eigenvalue weighted by Crippen LogP contribution is 2.37. The van der Waals surface area contributed by atoms with Crippen molar-refractivity contribution in [3.05, 3.63) is 67.8 Å². The van der Waals surface area contributed by atoms with Gasteiger partial charge in [0.25, 0.3) is 0 Å². The van der Waals surface area contributed by atoms with E-state index in [9.17, 15) is 14.9 Å². The molecule has 0 N–H and O–H groups in total. The van der Waals surface area contributed by atoms with Crippen molar-refractivity contribution >= 4 is 39.6 Å². The Hall–Kier alpha value is -2.58. The van der Waals surface area contributed by atoms with Gasteiger partial charge in [-0.2, -0.15) is 0 Å². The van der Waals surface area contributed by atoms with Crippen LogP contribution in [0.5, 0.6) is 17.2 Å². The van der Waals surface area contributed by atoms with Crippen LogP contribution in [0.2, 0.25) is 5.02 Å². The van der Waals surface area contributed by atoms with E-state index in [1.165, 1.54) is 19.3 Å². The number of halogens is 2. The van der Waals surface area contributed by atoms with Crippen LogP contribution in [0, 0.1) is 10.1 Å². The lowest BCUT2D eigenvalue weighted by Crippen LogP contribution is -2.18. The minimum atomic E-state index is -0.655. The van der Waals surface area contributed by atoms with E-state index in [1.807, 2.05) is 0 Å². The van der Waals surface area contributed by atoms with Crippen molar-refractivity contribution in [2.24, 2.45) is 0 Å². The molecule has 2 aromatic carbocycles. The van der Waals surface area contributed by atoms with Crippen molar-refractivity contribution in [2.45, 2.75) is 0 Å². The summed E-state index contributed by atoms with van der Waals surface area (Å²) in [5.74, 6) is 0.155. The smallest absolute Gasteiger partial charge is 0.349 e. The van der Waals surface area contributed by atoms with Gasteiger partial charge in [-0.3, -0.25) is 10.1 Å². The molecule has 0 spiro atoms. The molecule has 7 nitrogen and oxygen atoms in total. The van der Waals surface area contributed by atoms with Gasteiger partial charge in [-0.25, -0.2) is 4.79 Å². The minimum absolute atomic E-state index is 0.144. The lowest BCUT2D eigenvalue weighted by Gasteiger charge is -2.12. The van der Waals surface area contributed by atoms with Crippen molar-refractivity contribution in [2.75, 3.05) is 13.7 Å². The van der Waals surface area contributed by atoms with Crippen LogP contribution in [0.1, 0.15) is 5.56 Å². The van der Waals surface area contributed by atoms with Gasteiger partial charge >= 0.3 is 5.97 Å². The monoisotopic (exact) mass is 441 g/mol. The molecular formula is C17H13BrClNO6. The van der Waals surface area contributed by atoms with E-state index in [1.54, 1.807) is 30.3 Å². The first-order chi connectivity index (χ1) is 12.4. The van der Waals surface area contributed by atoms with Gasteiger partial charge in [0.1, 0.15) is 5.75 Å². The summed E-state index contributed by atoms with van der Waals surface area (Å²) in [5.41, 5.74) is 0.500. The molecular weight excluding hydrogens is 430 g/mol. The Morgan fingerprint density at radius 3 is 2.77 bits per heavy atom. The molecule has 0 bridgehead atoms. The van der Waals surface area contributed by atoms with E-state index in [0.29, 0.717) is 20.8 Å². The van der Waals surface area contributed by atoms with Crippen molar-refractivity contribution in [1.29, 1.82) is 0 Å². The lowest BCUT2D eigenvalue weighted by atomic mass is 10.2. The summed E-state index contributed by atoms with van der Waals surface area (Å²) in [6, 6.07) is 9.67. The van der Waals surface area contributed by atoms with Crippen LogP contribution in [0.25, 0.3) is 6.08 Å². The third-order valence-corrected chi connectivity index (χ3v) is 3.83. The third-order valence-electron chi connectivity index (χ3n) is 3.01. The van der Waals surface area contributed by atoms with Gasteiger partial charge in [0.05, 0.1) is 16.5 Å². The summed E-state index contributed by atoms with van der Waals surface area (Å²) in [5, 5.41) is 10.9. The van der Waals surface area contributed by atoms with Gasteiger partial charge < -0.3 is 14.2 Å². The van der Waals surface area contributed by atoms with E-state index in [4.69, 9.17) is 25.8 Å². The molecule has 0 radical (unpaired) electrons. The molecule has 0 aliphatic heterocycles. The zero-order valence-corrected chi connectivity index (χ0v) is 15.8. The van der Waals surface area contributed by atoms with Gasteiger partial charge in [0.2, 0.25) is 6.20 Å². The first-order valence-corrected chi connectivity index (χ1v) is 8.34. The van der Waals surface area contributed by atoms with Gasteiger partial charge in [0, 0.05) is 11.1 Å². The first kappa shape index (κ1) is 19.7. The quantitative estimate of drug-likeness (QED) is 0.274. The Morgan fingerprint density at radius 1 is 1.35 bits per heavy atom. The van der Waals surface area contributed by atoms with Gasteiger partial charge in [-0.15, -0.1) is 0 Å². The Balaban J connectivity index is 2.10. The van der Waals surface area contributed by atoms with Crippen molar-refractivity contribution in [3.8, 4) is 17.2 Å². The molecule has 0 unspecified atom stereocenters. The van der Waals surface area contributed by atoms with Crippen molar-refractivity contribution in [3.63, 3.8) is 0 Å². The zero-order chi connectivity index (χ0) is 19.1. The summed E-state index contributed by atoms with van der Waals surface area (Å²) in [6.45, 7) is -0.334. The highest BCUT2D eigenvalue weighted by molar-refractivity contribution is 9.10. The van der Waals surface area contributed by atoms with Gasteiger partial charge in [0.15, 0.2) is 18.1 Å². The molecule has 0 aliphatic carbocycles. The SMILES string of the molecule is COc1cc(/C=C/[N+](=O)[O-])cc(Br)c1OC(=O)COc1cccc(Cl)c1. The fraction of sp³-hybridized carbons (Fsp3) is 0.118. The molecule has 0 heterocycles. The Labute approximate surface area is 162 Å². The minimum Gasteiger partial charge on any atom is -0.493 e. The first-order valence-electron chi connectivity index (χ1n) is 7.17. The molecule has 0 aromatic heterocycles. The number of carbonyl (C=O) groups is 1. The second-order valence-corrected chi connectivity index (χ2v) is 6.15. The number of ether oxygens (including phenoxy) is 3. The maximum atomic E-state index is 12.0. The van der Waals surface area contributed by atoms with E-state index in [0.717, 1.165) is 6.20 Å². The number of esters is 1. The average molecular weight is 443 g/mol. The number of hydrogen-bond donors (Lipinski definition) is 0. The molecule has 0 aliphatic rings. The predicted octanol–water partition coefficient (Wildman–Crippen LogP) is 4.34. The number of hydrogen-bond acceptors (Lipinski definition) is 6. The molecule has 0 fully saturated rings. The highest BCUT2D eigenvalue weighted by atomic mass is 79.9. The Morgan fingerprint density at radius 2 is 2.12 bits per heavy atom. The standard InChI is InChI=1S/C17H13BrClNO6/c1-24-15-8-11(5-6-20(22)23)7-14(18)17(15)26-16(21)10-25-13-4-2-3-12(19)9-13/h2-9H,10H2,1H3/b6-5+. The van der Waals surface area contributed by atoms with Crippen molar-refractivity contribution < 1.29 is 23.9 Å². The van der Waals surface area contributed by atoms with E-state index < -0.39 is 10.9 Å². The summed E-state index contributed by atoms with van der Waals surface area (Å²) in [7, 11) is 1.39. The lowest BCUT2D eigenvalue weighted by molar-refractivity contribution is -0.400. The number of benzene rings is 2. The number of methoxy groups -OCH3 is 1. The summed E-state index contributed by atoms with van der Waals surface area (Å²) in [4.78, 5) is 21.9. The summed E-state index contributed by atoms with van der Waals surface area (Å²) in [6.07, 6.45) is 2.09. The second kappa shape index (κ2) is 9.21. The Kier molecular flexibility index (Phi) is 6.99. The van der Waals surface area contributed by atoms with Gasteiger partial charge in [-0.05, 0) is 51.8 Å². The number of rotatable bonds is 7. The van der Waals surface area contributed by atoms with Crippen LogP contribution in [-0.4, -0.2) is 24.6 Å². The van der Waals surface area contributed by atoms with Crippen LogP contribution in [0.4, 0.5) is 0 Å². The largest absolute Gasteiger partial charge is 0.493 e. The number of carbonyl (C=O) groups excluding carboxylic acids is 1. The molecule has 2 aromatic rings. The van der Waals surface area contributed by atoms with Gasteiger partial charge in [-0.1, -0.05) is 17.7 Å². The average Bonchev–Trinajstić information content (AvgIpc) is 2.60. The molecule has 9 heteroatoms. The number of nitro groups is 1. The van der Waals surface area contributed by atoms with Crippen molar-refractivity contribution in [1.82, 2.24) is 0 Å².